The molecule has 212 valence electrons. The maximum atomic E-state index is 13.1. The fraction of sp³-hybridized carbons (Fsp3) is 0.233. The van der Waals surface area contributed by atoms with E-state index in [1.165, 1.54) is 28.9 Å². The number of methoxy groups -OCH3 is 1. The van der Waals surface area contributed by atoms with Gasteiger partial charge in [0.2, 0.25) is 0 Å². The second-order valence-electron chi connectivity index (χ2n) is 9.77. The number of carbonyl (C=O) groups excluding carboxylic acids is 2. The number of hydrogen-bond donors (Lipinski definition) is 3. The van der Waals surface area contributed by atoms with Gasteiger partial charge in [0.25, 0.3) is 5.91 Å². The highest BCUT2D eigenvalue weighted by molar-refractivity contribution is 6.04. The van der Waals surface area contributed by atoms with Crippen LogP contribution < -0.4 is 15.4 Å². The molecule has 0 radical (unpaired) electrons. The molecule has 1 aromatic heterocycles. The number of rotatable bonds is 7. The van der Waals surface area contributed by atoms with Crippen LogP contribution in [0.4, 0.5) is 23.7 Å². The Morgan fingerprint density at radius 2 is 1.80 bits per heavy atom. The van der Waals surface area contributed by atoms with Crippen LogP contribution >= 0.6 is 0 Å². The van der Waals surface area contributed by atoms with Gasteiger partial charge in [-0.25, -0.2) is 4.79 Å². The van der Waals surface area contributed by atoms with Crippen molar-refractivity contribution in [2.45, 2.75) is 37.9 Å². The Kier molecular flexibility index (Phi) is 7.69. The van der Waals surface area contributed by atoms with Crippen molar-refractivity contribution in [1.29, 1.82) is 0 Å². The molecule has 0 atom stereocenters. The maximum Gasteiger partial charge on any atom is 0.416 e. The van der Waals surface area contributed by atoms with Gasteiger partial charge in [-0.05, 0) is 66.9 Å². The minimum Gasteiger partial charge on any atom is -0.507 e. The number of aromatic nitrogens is 2. The number of carbonyl (C=O) groups is 2. The van der Waals surface area contributed by atoms with Crippen molar-refractivity contribution in [1.82, 2.24) is 15.1 Å². The highest BCUT2D eigenvalue weighted by Crippen LogP contribution is 2.39. The first-order valence-electron chi connectivity index (χ1n) is 13.0. The standard InChI is InChI=1S/C30H27F3N4O4/c1-41-23-11-8-18(9-12-23)17-34-29(40)37-26(19-4-2-5-19)16-25(36-37)24-13-10-22(15-27(24)38)35-28(39)20-6-3-7-21(14-20)30(31,32)33/h3,6-16,19,38H,2,4-5,17H2,1H3,(H,34,40)(H,35,39). The summed E-state index contributed by atoms with van der Waals surface area (Å²) in [4.78, 5) is 25.7. The molecule has 0 saturated heterocycles. The van der Waals surface area contributed by atoms with Crippen molar-refractivity contribution < 1.29 is 32.6 Å². The monoisotopic (exact) mass is 564 g/mol. The number of phenolic OH excluding ortho intramolecular Hbond substituents is 1. The molecule has 1 saturated carbocycles. The van der Waals surface area contributed by atoms with E-state index in [4.69, 9.17) is 4.74 Å². The zero-order valence-corrected chi connectivity index (χ0v) is 22.0. The molecule has 1 heterocycles. The van der Waals surface area contributed by atoms with Gasteiger partial charge in [-0.15, -0.1) is 0 Å². The highest BCUT2D eigenvalue weighted by Gasteiger charge is 2.31. The Labute approximate surface area is 233 Å². The fourth-order valence-corrected chi connectivity index (χ4v) is 4.55. The molecular weight excluding hydrogens is 537 g/mol. The van der Waals surface area contributed by atoms with E-state index in [9.17, 15) is 27.9 Å². The van der Waals surface area contributed by atoms with Crippen LogP contribution in [0, 0.1) is 0 Å². The number of ether oxygens (including phenoxy) is 1. The summed E-state index contributed by atoms with van der Waals surface area (Å²) in [6, 6.07) is 17.1. The van der Waals surface area contributed by atoms with Crippen LogP contribution in [0.25, 0.3) is 11.3 Å². The Morgan fingerprint density at radius 3 is 2.44 bits per heavy atom. The summed E-state index contributed by atoms with van der Waals surface area (Å²) in [5.74, 6) is -0.0927. The van der Waals surface area contributed by atoms with Crippen LogP contribution in [0.3, 0.4) is 0 Å². The number of hydrogen-bond acceptors (Lipinski definition) is 5. The van der Waals surface area contributed by atoms with E-state index >= 15 is 0 Å². The normalized spacial score (nSPS) is 13.4. The van der Waals surface area contributed by atoms with Crippen molar-refractivity contribution >= 4 is 17.6 Å². The number of aromatic hydroxyl groups is 1. The second-order valence-corrected chi connectivity index (χ2v) is 9.77. The summed E-state index contributed by atoms with van der Waals surface area (Å²) < 4.78 is 45.5. The molecule has 1 aliphatic rings. The molecule has 1 fully saturated rings. The van der Waals surface area contributed by atoms with Gasteiger partial charge in [-0.3, -0.25) is 4.79 Å². The van der Waals surface area contributed by atoms with E-state index in [1.54, 1.807) is 13.2 Å². The Bertz CT molecular complexity index is 1580. The molecule has 0 unspecified atom stereocenters. The van der Waals surface area contributed by atoms with Gasteiger partial charge in [0.05, 0.1) is 24.1 Å². The molecule has 8 nitrogen and oxygen atoms in total. The van der Waals surface area contributed by atoms with Crippen molar-refractivity contribution in [3.63, 3.8) is 0 Å². The molecule has 11 heteroatoms. The smallest absolute Gasteiger partial charge is 0.416 e. The number of benzene rings is 3. The molecule has 0 aliphatic heterocycles. The van der Waals surface area contributed by atoms with Crippen molar-refractivity contribution in [2.75, 3.05) is 12.4 Å². The van der Waals surface area contributed by atoms with Gasteiger partial charge in [-0.2, -0.15) is 23.0 Å². The van der Waals surface area contributed by atoms with E-state index in [1.807, 2.05) is 24.3 Å². The first-order chi connectivity index (χ1) is 19.6. The van der Waals surface area contributed by atoms with Gasteiger partial charge >= 0.3 is 12.2 Å². The average Bonchev–Trinajstić information content (AvgIpc) is 3.35. The van der Waals surface area contributed by atoms with Crippen LogP contribution in [0.2, 0.25) is 0 Å². The molecule has 3 N–H and O–H groups in total. The average molecular weight is 565 g/mol. The van der Waals surface area contributed by atoms with Crippen molar-refractivity contribution in [3.8, 4) is 22.8 Å². The van der Waals surface area contributed by atoms with Crippen molar-refractivity contribution in [3.05, 3.63) is 95.2 Å². The molecule has 0 spiro atoms. The molecule has 1 aliphatic carbocycles. The third kappa shape index (κ3) is 6.19. The predicted octanol–water partition coefficient (Wildman–Crippen LogP) is 6.56. The molecule has 2 amide bonds. The lowest BCUT2D eigenvalue weighted by Crippen LogP contribution is -2.31. The first-order valence-corrected chi connectivity index (χ1v) is 13.0. The number of anilines is 1. The summed E-state index contributed by atoms with van der Waals surface area (Å²) in [5.41, 5.74) is 1.41. The lowest BCUT2D eigenvalue weighted by Gasteiger charge is -2.25. The zero-order valence-electron chi connectivity index (χ0n) is 22.0. The van der Waals surface area contributed by atoms with Crippen LogP contribution in [0.15, 0.2) is 72.8 Å². The lowest BCUT2D eigenvalue weighted by atomic mass is 9.82. The maximum absolute atomic E-state index is 13.1. The van der Waals surface area contributed by atoms with E-state index < -0.39 is 23.7 Å². The number of phenols is 1. The lowest BCUT2D eigenvalue weighted by molar-refractivity contribution is -0.137. The molecule has 41 heavy (non-hydrogen) atoms. The summed E-state index contributed by atoms with van der Waals surface area (Å²) in [6.07, 6.45) is -1.69. The third-order valence-corrected chi connectivity index (χ3v) is 7.04. The van der Waals surface area contributed by atoms with Gasteiger partial charge in [0.1, 0.15) is 11.5 Å². The Morgan fingerprint density at radius 1 is 1.05 bits per heavy atom. The highest BCUT2D eigenvalue weighted by atomic mass is 19.4. The number of amides is 2. The number of alkyl halides is 3. The third-order valence-electron chi connectivity index (χ3n) is 7.04. The summed E-state index contributed by atoms with van der Waals surface area (Å²) in [5, 5.41) is 20.6. The largest absolute Gasteiger partial charge is 0.507 e. The van der Waals surface area contributed by atoms with Crippen LogP contribution in [-0.4, -0.2) is 33.9 Å². The molecule has 3 aromatic carbocycles. The van der Waals surface area contributed by atoms with Crippen LogP contribution in [0.1, 0.15) is 52.4 Å². The van der Waals surface area contributed by atoms with Gasteiger partial charge < -0.3 is 20.5 Å². The van der Waals surface area contributed by atoms with E-state index in [2.05, 4.69) is 15.7 Å². The minimum absolute atomic E-state index is 0.163. The summed E-state index contributed by atoms with van der Waals surface area (Å²) >= 11 is 0. The topological polar surface area (TPSA) is 105 Å². The van der Waals surface area contributed by atoms with Crippen molar-refractivity contribution in [2.24, 2.45) is 0 Å². The number of nitrogens with one attached hydrogen (secondary N) is 2. The van der Waals surface area contributed by atoms with Crippen LogP contribution in [-0.2, 0) is 12.7 Å². The quantitative estimate of drug-likeness (QED) is 0.236. The first kappa shape index (κ1) is 27.8. The fourth-order valence-electron chi connectivity index (χ4n) is 4.55. The van der Waals surface area contributed by atoms with Gasteiger partial charge in [-0.1, -0.05) is 24.6 Å². The molecule has 5 rings (SSSR count). The summed E-state index contributed by atoms with van der Waals surface area (Å²) in [6.45, 7) is 0.285. The predicted molar refractivity (Wildman–Crippen MR) is 146 cm³/mol. The second kappa shape index (κ2) is 11.4. The van der Waals surface area contributed by atoms with E-state index in [-0.39, 0.29) is 29.5 Å². The number of halogens is 3. The Hall–Kier alpha value is -4.80. The zero-order chi connectivity index (χ0) is 29.1. The molecule has 4 aromatic rings. The number of nitrogens with zero attached hydrogens (tertiary/aromatic N) is 2. The summed E-state index contributed by atoms with van der Waals surface area (Å²) in [7, 11) is 1.58. The minimum atomic E-state index is -4.58. The van der Waals surface area contributed by atoms with Gasteiger partial charge in [0.15, 0.2) is 0 Å². The molecular formula is C30H27F3N4O4. The molecule has 0 bridgehead atoms. The van der Waals surface area contributed by atoms with Crippen LogP contribution in [0.5, 0.6) is 11.5 Å². The van der Waals surface area contributed by atoms with E-state index in [0.717, 1.165) is 48.7 Å². The Balaban J connectivity index is 1.33. The van der Waals surface area contributed by atoms with Gasteiger partial charge in [0, 0.05) is 35.3 Å². The van der Waals surface area contributed by atoms with E-state index in [0.29, 0.717) is 17.0 Å². The SMILES string of the molecule is COc1ccc(CNC(=O)n2nc(-c3ccc(NC(=O)c4cccc(C(F)(F)F)c4)cc3O)cc2C2CCC2)cc1.